The van der Waals surface area contributed by atoms with Gasteiger partial charge in [0.1, 0.15) is 17.3 Å². The van der Waals surface area contributed by atoms with Crippen molar-refractivity contribution in [2.45, 2.75) is 51.9 Å². The summed E-state index contributed by atoms with van der Waals surface area (Å²) in [7, 11) is 0. The van der Waals surface area contributed by atoms with Gasteiger partial charge in [0.15, 0.2) is 0 Å². The number of aliphatic carboxylic acids is 1. The number of carboxylic acid groups (broad SMARTS) is 1. The molecule has 202 valence electrons. The topological polar surface area (TPSA) is 53.4 Å². The fourth-order valence-corrected chi connectivity index (χ4v) is 6.31. The molecule has 3 aromatic carbocycles. The van der Waals surface area contributed by atoms with Gasteiger partial charge in [0, 0.05) is 24.2 Å². The molecule has 8 heteroatoms. The Bertz CT molecular complexity index is 1580. The van der Waals surface area contributed by atoms with E-state index in [1.807, 2.05) is 43.0 Å². The highest BCUT2D eigenvalue weighted by Crippen LogP contribution is 2.42. The average Bonchev–Trinajstić information content (AvgIpc) is 3.22. The van der Waals surface area contributed by atoms with E-state index < -0.39 is 29.3 Å². The van der Waals surface area contributed by atoms with Gasteiger partial charge in [-0.25, -0.2) is 22.9 Å². The summed E-state index contributed by atoms with van der Waals surface area (Å²) >= 11 is 1.63. The predicted octanol–water partition coefficient (Wildman–Crippen LogP) is 7.73. The Morgan fingerprint density at radius 3 is 2.46 bits per heavy atom. The van der Waals surface area contributed by atoms with Crippen LogP contribution in [0.2, 0.25) is 0 Å². The first-order valence-corrected chi connectivity index (χ1v) is 13.6. The Morgan fingerprint density at radius 1 is 1.13 bits per heavy atom. The van der Waals surface area contributed by atoms with Gasteiger partial charge in [-0.3, -0.25) is 4.90 Å². The smallest absolute Gasteiger partial charge is 0.328 e. The summed E-state index contributed by atoms with van der Waals surface area (Å²) in [4.78, 5) is 17.2. The van der Waals surface area contributed by atoms with E-state index in [2.05, 4.69) is 17.1 Å². The molecule has 0 fully saturated rings. The lowest BCUT2D eigenvalue weighted by Gasteiger charge is -2.44. The lowest BCUT2D eigenvalue weighted by Crippen LogP contribution is -2.48. The zero-order valence-corrected chi connectivity index (χ0v) is 23.0. The zero-order chi connectivity index (χ0) is 28.1. The molecule has 0 saturated heterocycles. The molecule has 0 saturated carbocycles. The number of aromatic nitrogens is 1. The van der Waals surface area contributed by atoms with Crippen molar-refractivity contribution in [2.75, 3.05) is 6.54 Å². The van der Waals surface area contributed by atoms with Crippen LogP contribution in [0.15, 0.2) is 54.6 Å². The fourth-order valence-electron chi connectivity index (χ4n) is 5.45. The number of rotatable bonds is 6. The van der Waals surface area contributed by atoms with Gasteiger partial charge < -0.3 is 5.11 Å². The zero-order valence-electron chi connectivity index (χ0n) is 22.1. The van der Waals surface area contributed by atoms with Gasteiger partial charge in [-0.15, -0.1) is 11.3 Å². The highest BCUT2D eigenvalue weighted by atomic mass is 32.1. The first-order chi connectivity index (χ1) is 18.4. The van der Waals surface area contributed by atoms with Gasteiger partial charge in [-0.1, -0.05) is 24.3 Å². The van der Waals surface area contributed by atoms with E-state index in [1.54, 1.807) is 11.3 Å². The molecule has 0 amide bonds. The maximum absolute atomic E-state index is 15.6. The largest absolute Gasteiger partial charge is 0.478 e. The summed E-state index contributed by atoms with van der Waals surface area (Å²) in [5.41, 5.74) is 2.97. The lowest BCUT2D eigenvalue weighted by molar-refractivity contribution is -0.131. The number of alkyl halides is 1. The summed E-state index contributed by atoms with van der Waals surface area (Å²) in [6.45, 7) is 6.82. The van der Waals surface area contributed by atoms with Crippen LogP contribution in [-0.4, -0.2) is 39.2 Å². The molecule has 39 heavy (non-hydrogen) atoms. The van der Waals surface area contributed by atoms with Crippen LogP contribution in [0.3, 0.4) is 0 Å². The van der Waals surface area contributed by atoms with Gasteiger partial charge in [-0.2, -0.15) is 0 Å². The van der Waals surface area contributed by atoms with Crippen molar-refractivity contribution in [1.29, 1.82) is 0 Å². The number of halogens is 3. The van der Waals surface area contributed by atoms with Crippen LogP contribution < -0.4 is 0 Å². The van der Waals surface area contributed by atoms with Crippen molar-refractivity contribution in [2.24, 2.45) is 0 Å². The van der Waals surface area contributed by atoms with Gasteiger partial charge in [0.05, 0.1) is 21.3 Å². The third kappa shape index (κ3) is 5.63. The number of fused-ring (bicyclic) bond motifs is 2. The molecule has 5 rings (SSSR count). The molecule has 0 radical (unpaired) electrons. The summed E-state index contributed by atoms with van der Waals surface area (Å²) in [5.74, 6) is -2.82. The molecule has 0 bridgehead atoms. The summed E-state index contributed by atoms with van der Waals surface area (Å²) in [6, 6.07) is 13.2. The van der Waals surface area contributed by atoms with Crippen molar-refractivity contribution in [3.8, 4) is 11.1 Å². The minimum absolute atomic E-state index is 0.0129. The van der Waals surface area contributed by atoms with E-state index in [-0.39, 0.29) is 23.7 Å². The molecule has 4 aromatic rings. The average molecular weight is 551 g/mol. The van der Waals surface area contributed by atoms with Crippen LogP contribution in [0.25, 0.3) is 27.4 Å². The minimum Gasteiger partial charge on any atom is -0.478 e. The van der Waals surface area contributed by atoms with Crippen LogP contribution >= 0.6 is 11.3 Å². The lowest BCUT2D eigenvalue weighted by atomic mass is 9.82. The predicted molar refractivity (Wildman–Crippen MR) is 150 cm³/mol. The number of nitrogens with zero attached hydrogens (tertiary/aromatic N) is 2. The van der Waals surface area contributed by atoms with Gasteiger partial charge in [0.25, 0.3) is 0 Å². The van der Waals surface area contributed by atoms with Crippen LogP contribution in [0, 0.1) is 18.6 Å². The molecule has 0 spiro atoms. The van der Waals surface area contributed by atoms with E-state index >= 15 is 8.78 Å². The van der Waals surface area contributed by atoms with E-state index in [1.165, 1.54) is 13.8 Å². The Morgan fingerprint density at radius 2 is 1.79 bits per heavy atom. The molecule has 0 aliphatic carbocycles. The standard InChI is InChI=1S/C31H29F3N2O2S/c1-17-11-22-14-20(21-7-9-26-27(15-21)39-18(2)35-26)6-8-23(22)30(36(17)16-31(3,4)34)29-24(32)12-19(13-25(29)33)5-10-28(37)38/h5-10,12-15,17,30H,11,16H2,1-4H3,(H,37,38)/b10-5+/t17-,30+/m0/s1. The number of benzene rings is 3. The van der Waals surface area contributed by atoms with Crippen LogP contribution in [0.1, 0.15) is 54.1 Å². The number of aryl methyl sites for hydroxylation is 1. The highest BCUT2D eigenvalue weighted by molar-refractivity contribution is 7.18. The molecular formula is C31H29F3N2O2S. The molecule has 0 unspecified atom stereocenters. The fraction of sp³-hybridized carbons (Fsp3) is 0.290. The van der Waals surface area contributed by atoms with Crippen LogP contribution in [0.4, 0.5) is 13.2 Å². The maximum Gasteiger partial charge on any atom is 0.328 e. The molecule has 2 atom stereocenters. The minimum atomic E-state index is -1.59. The third-order valence-corrected chi connectivity index (χ3v) is 7.96. The number of carboxylic acids is 1. The quantitative estimate of drug-likeness (QED) is 0.250. The number of hydrogen-bond acceptors (Lipinski definition) is 4. The monoisotopic (exact) mass is 550 g/mol. The van der Waals surface area contributed by atoms with Crippen LogP contribution in [-0.2, 0) is 11.2 Å². The van der Waals surface area contributed by atoms with E-state index in [0.717, 1.165) is 61.8 Å². The van der Waals surface area contributed by atoms with E-state index in [4.69, 9.17) is 5.11 Å². The van der Waals surface area contributed by atoms with Crippen molar-refractivity contribution in [1.82, 2.24) is 9.88 Å². The van der Waals surface area contributed by atoms with Crippen molar-refractivity contribution in [3.63, 3.8) is 0 Å². The molecule has 1 N–H and O–H groups in total. The number of hydrogen-bond donors (Lipinski definition) is 1. The normalized spacial score (nSPS) is 18.1. The van der Waals surface area contributed by atoms with Crippen molar-refractivity contribution >= 4 is 33.6 Å². The van der Waals surface area contributed by atoms with E-state index in [9.17, 15) is 9.18 Å². The molecular weight excluding hydrogens is 521 g/mol. The second kappa shape index (κ2) is 10.2. The second-order valence-corrected chi connectivity index (χ2v) is 12.0. The molecule has 4 nitrogen and oxygen atoms in total. The Labute approximate surface area is 229 Å². The third-order valence-electron chi connectivity index (χ3n) is 7.03. The molecule has 1 aromatic heterocycles. The van der Waals surface area contributed by atoms with Gasteiger partial charge in [0.2, 0.25) is 0 Å². The van der Waals surface area contributed by atoms with Gasteiger partial charge in [-0.05, 0) is 92.3 Å². The first kappa shape index (κ1) is 27.1. The SMILES string of the molecule is Cc1nc2ccc(-c3ccc4c(c3)C[C@H](C)N(CC(C)(C)F)[C@H]4c3c(F)cc(/C=C/C(=O)O)cc3F)cc2s1. The molecule has 1 aliphatic heterocycles. The Hall–Kier alpha value is -3.49. The van der Waals surface area contributed by atoms with E-state index in [0.29, 0.717) is 6.42 Å². The van der Waals surface area contributed by atoms with Crippen LogP contribution in [0.5, 0.6) is 0 Å². The summed E-state index contributed by atoms with van der Waals surface area (Å²) in [5, 5.41) is 9.89. The van der Waals surface area contributed by atoms with Gasteiger partial charge >= 0.3 is 5.97 Å². The van der Waals surface area contributed by atoms with Crippen molar-refractivity contribution in [3.05, 3.63) is 93.5 Å². The highest BCUT2D eigenvalue weighted by Gasteiger charge is 2.39. The maximum atomic E-state index is 15.6. The Balaban J connectivity index is 1.63. The summed E-state index contributed by atoms with van der Waals surface area (Å²) < 4.78 is 47.2. The molecule has 2 heterocycles. The summed E-state index contributed by atoms with van der Waals surface area (Å²) in [6.07, 6.45) is 2.57. The first-order valence-electron chi connectivity index (χ1n) is 12.7. The van der Waals surface area contributed by atoms with Crippen molar-refractivity contribution < 1.29 is 23.1 Å². The number of thiazole rings is 1. The molecule has 1 aliphatic rings. The number of carbonyl (C=O) groups is 1. The Kier molecular flexibility index (Phi) is 7.11. The second-order valence-electron chi connectivity index (χ2n) is 10.7.